The summed E-state index contributed by atoms with van der Waals surface area (Å²) in [5, 5.41) is 2.72. The predicted molar refractivity (Wildman–Crippen MR) is 117 cm³/mol. The van der Waals surface area contributed by atoms with Crippen molar-refractivity contribution in [2.75, 3.05) is 38.6 Å². The Morgan fingerprint density at radius 3 is 2.59 bits per heavy atom. The molecule has 2 heterocycles. The van der Waals surface area contributed by atoms with Crippen LogP contribution in [0.2, 0.25) is 0 Å². The minimum Gasteiger partial charge on any atom is -0.497 e. The zero-order valence-corrected chi connectivity index (χ0v) is 18.7. The Morgan fingerprint density at radius 1 is 1.16 bits per heavy atom. The van der Waals surface area contributed by atoms with Crippen molar-refractivity contribution in [3.05, 3.63) is 48.0 Å². The zero-order chi connectivity index (χ0) is 22.9. The average Bonchev–Trinajstić information content (AvgIpc) is 2.82. The van der Waals surface area contributed by atoms with Gasteiger partial charge >= 0.3 is 0 Å². The highest BCUT2D eigenvalue weighted by atomic mass is 32.2. The number of anilines is 1. The number of carbonyl (C=O) groups excluding carboxylic acids is 2. The second kappa shape index (κ2) is 8.79. The summed E-state index contributed by atoms with van der Waals surface area (Å²) in [6.07, 6.45) is -0.0653. The van der Waals surface area contributed by atoms with Gasteiger partial charge in [-0.25, -0.2) is 8.42 Å². The Labute approximate surface area is 187 Å². The maximum absolute atomic E-state index is 13.2. The number of methoxy groups -OCH3 is 1. The van der Waals surface area contributed by atoms with Crippen LogP contribution in [0.3, 0.4) is 0 Å². The van der Waals surface area contributed by atoms with Crippen molar-refractivity contribution in [1.29, 1.82) is 0 Å². The van der Waals surface area contributed by atoms with Gasteiger partial charge in [0.2, 0.25) is 10.0 Å². The van der Waals surface area contributed by atoms with Gasteiger partial charge in [0.15, 0.2) is 6.10 Å². The first-order chi connectivity index (χ1) is 15.3. The van der Waals surface area contributed by atoms with Crippen molar-refractivity contribution in [3.63, 3.8) is 0 Å². The molecule has 0 bridgehead atoms. The van der Waals surface area contributed by atoms with Crippen molar-refractivity contribution >= 4 is 27.5 Å². The van der Waals surface area contributed by atoms with Crippen LogP contribution in [0.4, 0.5) is 5.69 Å². The van der Waals surface area contributed by atoms with E-state index in [1.54, 1.807) is 35.2 Å². The van der Waals surface area contributed by atoms with Crippen molar-refractivity contribution < 1.29 is 27.5 Å². The topological polar surface area (TPSA) is 105 Å². The van der Waals surface area contributed by atoms with Gasteiger partial charge < -0.3 is 19.7 Å². The lowest BCUT2D eigenvalue weighted by Gasteiger charge is -2.34. The summed E-state index contributed by atoms with van der Waals surface area (Å²) < 4.78 is 38.5. The molecular weight excluding hydrogens is 434 g/mol. The van der Waals surface area contributed by atoms with E-state index in [9.17, 15) is 18.0 Å². The number of ether oxygens (including phenoxy) is 2. The van der Waals surface area contributed by atoms with Gasteiger partial charge in [0.1, 0.15) is 11.5 Å². The Morgan fingerprint density at radius 2 is 1.91 bits per heavy atom. The van der Waals surface area contributed by atoms with Gasteiger partial charge in [-0.05, 0) is 42.8 Å². The molecule has 2 aromatic rings. The summed E-state index contributed by atoms with van der Waals surface area (Å²) in [5.74, 6) is 0.578. The quantitative estimate of drug-likeness (QED) is 0.733. The number of benzene rings is 2. The van der Waals surface area contributed by atoms with Gasteiger partial charge in [0, 0.05) is 31.7 Å². The van der Waals surface area contributed by atoms with Crippen LogP contribution in [0, 0.1) is 0 Å². The van der Waals surface area contributed by atoms with Crippen molar-refractivity contribution in [2.45, 2.75) is 24.3 Å². The second-order valence-electron chi connectivity index (χ2n) is 7.59. The maximum atomic E-state index is 13.2. The predicted octanol–water partition coefficient (Wildman–Crippen LogP) is 1.95. The molecule has 1 fully saturated rings. The summed E-state index contributed by atoms with van der Waals surface area (Å²) in [5.41, 5.74) is 0.837. The number of piperazine rings is 1. The molecule has 0 spiro atoms. The number of nitrogens with one attached hydrogen (secondary N) is 1. The molecule has 1 unspecified atom stereocenters. The largest absolute Gasteiger partial charge is 0.497 e. The monoisotopic (exact) mass is 459 g/mol. The lowest BCUT2D eigenvalue weighted by molar-refractivity contribution is -0.123. The molecule has 2 aliphatic rings. The molecule has 2 aliphatic heterocycles. The van der Waals surface area contributed by atoms with Crippen LogP contribution < -0.4 is 14.8 Å². The smallest absolute Gasteiger partial charge is 0.265 e. The van der Waals surface area contributed by atoms with E-state index < -0.39 is 16.1 Å². The number of hydrogen-bond acceptors (Lipinski definition) is 6. The molecule has 0 aromatic heterocycles. The molecule has 32 heavy (non-hydrogen) atoms. The Hall–Kier alpha value is -3.11. The highest BCUT2D eigenvalue weighted by Gasteiger charge is 2.32. The number of nitrogens with zero attached hydrogens (tertiary/aromatic N) is 2. The van der Waals surface area contributed by atoms with E-state index in [0.29, 0.717) is 29.2 Å². The molecule has 1 saturated heterocycles. The van der Waals surface area contributed by atoms with E-state index in [0.717, 1.165) is 0 Å². The average molecular weight is 460 g/mol. The second-order valence-corrected chi connectivity index (χ2v) is 9.53. The molecule has 2 amide bonds. The van der Waals surface area contributed by atoms with Gasteiger partial charge in [0.25, 0.3) is 11.8 Å². The van der Waals surface area contributed by atoms with E-state index in [2.05, 4.69) is 5.32 Å². The summed E-state index contributed by atoms with van der Waals surface area (Å²) >= 11 is 0. The lowest BCUT2D eigenvalue weighted by atomic mass is 10.1. The van der Waals surface area contributed by atoms with E-state index in [1.807, 2.05) is 6.92 Å². The standard InChI is InChI=1S/C22H25N3O6S/c1-3-19-21(26)23-18-14-17(7-8-20(18)31-19)32(28,29)25-11-9-24(10-12-25)22(27)15-5-4-6-16(13-15)30-2/h4-8,13-14,19H,3,9-12H2,1-2H3,(H,23,26). The number of rotatable bonds is 5. The van der Waals surface area contributed by atoms with Gasteiger partial charge in [-0.2, -0.15) is 4.31 Å². The van der Waals surface area contributed by atoms with Crippen molar-refractivity contribution in [1.82, 2.24) is 9.21 Å². The molecule has 1 atom stereocenters. The number of hydrogen-bond donors (Lipinski definition) is 1. The first-order valence-electron chi connectivity index (χ1n) is 10.4. The van der Waals surface area contributed by atoms with Gasteiger partial charge in [0.05, 0.1) is 17.7 Å². The van der Waals surface area contributed by atoms with Gasteiger partial charge in [-0.15, -0.1) is 0 Å². The zero-order valence-electron chi connectivity index (χ0n) is 17.9. The van der Waals surface area contributed by atoms with Gasteiger partial charge in [-0.3, -0.25) is 9.59 Å². The van der Waals surface area contributed by atoms with Crippen molar-refractivity contribution in [3.8, 4) is 11.5 Å². The van der Waals surface area contributed by atoms with Crippen LogP contribution in [0.5, 0.6) is 11.5 Å². The highest BCUT2D eigenvalue weighted by Crippen LogP contribution is 2.33. The minimum atomic E-state index is -3.79. The molecule has 0 aliphatic carbocycles. The van der Waals surface area contributed by atoms with Crippen LogP contribution in [0.1, 0.15) is 23.7 Å². The third-order valence-corrected chi connectivity index (χ3v) is 7.52. The fourth-order valence-electron chi connectivity index (χ4n) is 3.78. The summed E-state index contributed by atoms with van der Waals surface area (Å²) in [6.45, 7) is 2.75. The number of sulfonamides is 1. The molecule has 9 nitrogen and oxygen atoms in total. The molecule has 170 valence electrons. The first kappa shape index (κ1) is 22.1. The van der Waals surface area contributed by atoms with Crippen molar-refractivity contribution in [2.24, 2.45) is 0 Å². The SMILES string of the molecule is CCC1Oc2ccc(S(=O)(=O)N3CCN(C(=O)c4cccc(OC)c4)CC3)cc2NC1=O. The van der Waals surface area contributed by atoms with E-state index >= 15 is 0 Å². The maximum Gasteiger partial charge on any atom is 0.265 e. The molecular formula is C22H25N3O6S. The number of amides is 2. The Bertz CT molecular complexity index is 1140. The van der Waals surface area contributed by atoms with E-state index in [4.69, 9.17) is 9.47 Å². The third-order valence-electron chi connectivity index (χ3n) is 5.62. The summed E-state index contributed by atoms with van der Waals surface area (Å²) in [4.78, 5) is 26.6. The van der Waals surface area contributed by atoms with Gasteiger partial charge in [-0.1, -0.05) is 13.0 Å². The molecule has 0 saturated carbocycles. The molecule has 1 N–H and O–H groups in total. The van der Waals surface area contributed by atoms with Crippen LogP contribution in [0.15, 0.2) is 47.4 Å². The number of carbonyl (C=O) groups is 2. The highest BCUT2D eigenvalue weighted by molar-refractivity contribution is 7.89. The Balaban J connectivity index is 1.46. The van der Waals surface area contributed by atoms with Crippen LogP contribution in [-0.2, 0) is 14.8 Å². The molecule has 2 aromatic carbocycles. The molecule has 4 rings (SSSR count). The lowest BCUT2D eigenvalue weighted by Crippen LogP contribution is -2.50. The van der Waals surface area contributed by atoms with Crippen LogP contribution in [0.25, 0.3) is 0 Å². The normalized spacial score (nSPS) is 19.0. The first-order valence-corrected chi connectivity index (χ1v) is 11.8. The summed E-state index contributed by atoms with van der Waals surface area (Å²) in [7, 11) is -2.25. The number of fused-ring (bicyclic) bond motifs is 1. The van der Waals surface area contributed by atoms with Crippen LogP contribution >= 0.6 is 0 Å². The Kier molecular flexibility index (Phi) is 6.07. The minimum absolute atomic E-state index is 0.0719. The fraction of sp³-hybridized carbons (Fsp3) is 0.364. The van der Waals surface area contributed by atoms with Crippen LogP contribution in [-0.4, -0.2) is 68.8 Å². The van der Waals surface area contributed by atoms with E-state index in [1.165, 1.54) is 23.5 Å². The van der Waals surface area contributed by atoms with E-state index in [-0.39, 0.29) is 42.9 Å². The molecule has 10 heteroatoms. The fourth-order valence-corrected chi connectivity index (χ4v) is 5.23. The molecule has 0 radical (unpaired) electrons. The third kappa shape index (κ3) is 4.15. The summed E-state index contributed by atoms with van der Waals surface area (Å²) in [6, 6.07) is 11.3.